The molecular weight excluding hydrogens is 431 g/mol. The van der Waals surface area contributed by atoms with Crippen molar-refractivity contribution in [2.24, 2.45) is 11.8 Å². The van der Waals surface area contributed by atoms with Crippen LogP contribution in [0.3, 0.4) is 0 Å². The van der Waals surface area contributed by atoms with Crippen molar-refractivity contribution < 1.29 is 19.3 Å². The van der Waals surface area contributed by atoms with Crippen LogP contribution in [0.15, 0.2) is 42.5 Å². The molecule has 5 atom stereocenters. The number of fused-ring (bicyclic) bond motifs is 4. The van der Waals surface area contributed by atoms with Gasteiger partial charge in [0.15, 0.2) is 0 Å². The Balaban J connectivity index is 1.65. The second-order valence-electron chi connectivity index (χ2n) is 10.5. The molecular formula is C28H33FN2O3. The number of rotatable bonds is 6. The van der Waals surface area contributed by atoms with E-state index in [4.69, 9.17) is 4.74 Å². The SMILES string of the molecule is COCCC1CC2CN3CCc4c(n(-c5ccc(F)cc5)c5ccc(O)cc45)C(CCO)(C2)C13. The van der Waals surface area contributed by atoms with Gasteiger partial charge in [0.2, 0.25) is 0 Å². The number of hydrogen-bond donors (Lipinski definition) is 2. The van der Waals surface area contributed by atoms with E-state index in [0.717, 1.165) is 55.5 Å². The van der Waals surface area contributed by atoms with E-state index in [1.807, 2.05) is 24.3 Å². The van der Waals surface area contributed by atoms with Crippen LogP contribution in [0, 0.1) is 17.7 Å². The van der Waals surface area contributed by atoms with Crippen molar-refractivity contribution in [3.8, 4) is 11.4 Å². The summed E-state index contributed by atoms with van der Waals surface area (Å²) in [6, 6.07) is 12.7. The maximum atomic E-state index is 13.9. The fourth-order valence-corrected chi connectivity index (χ4v) is 7.77. The number of piperidine rings is 2. The Hall–Kier alpha value is -2.41. The van der Waals surface area contributed by atoms with Gasteiger partial charge in [-0.2, -0.15) is 0 Å². The van der Waals surface area contributed by atoms with E-state index in [-0.39, 0.29) is 23.6 Å². The predicted octanol–water partition coefficient (Wildman–Crippen LogP) is 4.40. The molecule has 2 saturated heterocycles. The summed E-state index contributed by atoms with van der Waals surface area (Å²) < 4.78 is 21.7. The van der Waals surface area contributed by atoms with Crippen LogP contribution in [0.4, 0.5) is 4.39 Å². The van der Waals surface area contributed by atoms with Gasteiger partial charge in [-0.25, -0.2) is 4.39 Å². The quantitative estimate of drug-likeness (QED) is 0.568. The number of aliphatic hydroxyl groups is 1. The molecule has 1 aliphatic carbocycles. The number of aliphatic hydroxyl groups excluding tert-OH is 1. The smallest absolute Gasteiger partial charge is 0.123 e. The van der Waals surface area contributed by atoms with Gasteiger partial charge in [-0.3, -0.25) is 4.90 Å². The normalized spacial score (nSPS) is 29.9. The van der Waals surface area contributed by atoms with Crippen molar-refractivity contribution in [3.05, 3.63) is 59.5 Å². The van der Waals surface area contributed by atoms with E-state index in [0.29, 0.717) is 24.3 Å². The molecule has 3 fully saturated rings. The lowest BCUT2D eigenvalue weighted by atomic mass is 9.55. The lowest BCUT2D eigenvalue weighted by Crippen LogP contribution is -2.65. The largest absolute Gasteiger partial charge is 0.508 e. The van der Waals surface area contributed by atoms with Gasteiger partial charge >= 0.3 is 0 Å². The van der Waals surface area contributed by atoms with Crippen LogP contribution in [-0.2, 0) is 16.6 Å². The number of aromatic nitrogens is 1. The summed E-state index contributed by atoms with van der Waals surface area (Å²) in [7, 11) is 1.77. The first kappa shape index (κ1) is 22.1. The number of aromatic hydroxyl groups is 1. The average molecular weight is 465 g/mol. The Kier molecular flexibility index (Phi) is 5.43. The van der Waals surface area contributed by atoms with Crippen LogP contribution in [0.25, 0.3) is 16.6 Å². The van der Waals surface area contributed by atoms with Crippen molar-refractivity contribution in [2.75, 3.05) is 33.4 Å². The molecule has 5 unspecified atom stereocenters. The molecule has 5 nitrogen and oxygen atoms in total. The van der Waals surface area contributed by atoms with Crippen molar-refractivity contribution >= 4 is 10.9 Å². The maximum absolute atomic E-state index is 13.9. The third-order valence-electron chi connectivity index (χ3n) is 8.70. The summed E-state index contributed by atoms with van der Waals surface area (Å²) in [6.07, 6.45) is 4.88. The van der Waals surface area contributed by atoms with Crippen molar-refractivity contribution in [2.45, 2.75) is 43.6 Å². The van der Waals surface area contributed by atoms with Crippen LogP contribution < -0.4 is 0 Å². The van der Waals surface area contributed by atoms with Gasteiger partial charge in [0, 0.05) is 61.6 Å². The molecule has 1 saturated carbocycles. The molecule has 34 heavy (non-hydrogen) atoms. The molecule has 2 aromatic carbocycles. The Morgan fingerprint density at radius 1 is 1.18 bits per heavy atom. The van der Waals surface area contributed by atoms with Crippen LogP contribution in [0.2, 0.25) is 0 Å². The molecule has 0 amide bonds. The van der Waals surface area contributed by atoms with E-state index in [1.165, 1.54) is 29.8 Å². The lowest BCUT2D eigenvalue weighted by Gasteiger charge is -2.60. The lowest BCUT2D eigenvalue weighted by molar-refractivity contribution is -0.0729. The zero-order valence-electron chi connectivity index (χ0n) is 19.7. The highest BCUT2D eigenvalue weighted by molar-refractivity contribution is 5.89. The zero-order chi connectivity index (χ0) is 23.4. The van der Waals surface area contributed by atoms with Gasteiger partial charge < -0.3 is 19.5 Å². The molecule has 3 aromatic rings. The summed E-state index contributed by atoms with van der Waals surface area (Å²) in [5.41, 5.74) is 4.29. The standard InChI is InChI=1S/C28H33FN2O3/c1-34-13-9-19-14-18-16-28(10-12-32)26(19)30(17-18)11-8-23-24-15-22(33)6-7-25(24)31(27(23)28)21-4-2-20(29)3-5-21/h2-7,15,18-19,26,32-33H,8-14,16-17H2,1H3. The Morgan fingerprint density at radius 2 is 2.00 bits per heavy atom. The van der Waals surface area contributed by atoms with Crippen molar-refractivity contribution in [1.82, 2.24) is 9.47 Å². The maximum Gasteiger partial charge on any atom is 0.123 e. The fraction of sp³-hybridized carbons (Fsp3) is 0.500. The third kappa shape index (κ3) is 3.23. The molecule has 180 valence electrons. The van der Waals surface area contributed by atoms with Gasteiger partial charge in [-0.05, 0) is 92.0 Å². The highest BCUT2D eigenvalue weighted by Gasteiger charge is 2.58. The van der Waals surface area contributed by atoms with Crippen molar-refractivity contribution in [3.63, 3.8) is 0 Å². The highest BCUT2D eigenvalue weighted by atomic mass is 19.1. The van der Waals surface area contributed by atoms with Crippen LogP contribution in [-0.4, -0.2) is 59.1 Å². The third-order valence-corrected chi connectivity index (χ3v) is 8.70. The minimum atomic E-state index is -0.253. The van der Waals surface area contributed by atoms with Gasteiger partial charge in [0.05, 0.1) is 5.52 Å². The van der Waals surface area contributed by atoms with E-state index < -0.39 is 0 Å². The average Bonchev–Trinajstić information content (AvgIpc) is 3.11. The minimum Gasteiger partial charge on any atom is -0.508 e. The van der Waals surface area contributed by atoms with Crippen LogP contribution in [0.1, 0.15) is 36.9 Å². The second kappa shape index (κ2) is 8.36. The number of phenols is 1. The Bertz CT molecular complexity index is 1210. The Labute approximate surface area is 199 Å². The first-order valence-corrected chi connectivity index (χ1v) is 12.5. The number of halogens is 1. The van der Waals surface area contributed by atoms with E-state index >= 15 is 0 Å². The van der Waals surface area contributed by atoms with E-state index in [9.17, 15) is 14.6 Å². The summed E-state index contributed by atoms with van der Waals surface area (Å²) in [5.74, 6) is 1.10. The fourth-order valence-electron chi connectivity index (χ4n) is 7.77. The second-order valence-corrected chi connectivity index (χ2v) is 10.5. The minimum absolute atomic E-state index is 0.129. The first-order chi connectivity index (χ1) is 16.6. The van der Waals surface area contributed by atoms with E-state index in [2.05, 4.69) is 9.47 Å². The van der Waals surface area contributed by atoms with Crippen LogP contribution >= 0.6 is 0 Å². The summed E-state index contributed by atoms with van der Waals surface area (Å²) >= 11 is 0. The van der Waals surface area contributed by atoms with Gasteiger partial charge in [0.25, 0.3) is 0 Å². The molecule has 1 aromatic heterocycles. The highest BCUT2D eigenvalue weighted by Crippen LogP contribution is 2.57. The molecule has 3 aliphatic heterocycles. The van der Waals surface area contributed by atoms with Gasteiger partial charge in [-0.1, -0.05) is 0 Å². The monoisotopic (exact) mass is 464 g/mol. The molecule has 0 spiro atoms. The molecule has 6 heteroatoms. The number of benzene rings is 2. The molecule has 4 aliphatic rings. The summed E-state index contributed by atoms with van der Waals surface area (Å²) in [4.78, 5) is 2.68. The number of phenolic OH excluding ortho intramolecular Hbond substituents is 1. The van der Waals surface area contributed by atoms with Gasteiger partial charge in [0.1, 0.15) is 11.6 Å². The van der Waals surface area contributed by atoms with Crippen molar-refractivity contribution in [1.29, 1.82) is 0 Å². The van der Waals surface area contributed by atoms with E-state index in [1.54, 1.807) is 13.2 Å². The molecule has 4 heterocycles. The first-order valence-electron chi connectivity index (χ1n) is 12.5. The van der Waals surface area contributed by atoms with Gasteiger partial charge in [-0.15, -0.1) is 0 Å². The summed E-state index contributed by atoms with van der Waals surface area (Å²) in [6.45, 7) is 2.97. The Morgan fingerprint density at radius 3 is 2.76 bits per heavy atom. The predicted molar refractivity (Wildman–Crippen MR) is 130 cm³/mol. The van der Waals surface area contributed by atoms with Crippen LogP contribution in [0.5, 0.6) is 5.75 Å². The molecule has 2 N–H and O–H groups in total. The topological polar surface area (TPSA) is 57.9 Å². The number of nitrogens with zero attached hydrogens (tertiary/aromatic N) is 2. The number of ether oxygens (including phenoxy) is 1. The summed E-state index contributed by atoms with van der Waals surface area (Å²) in [5, 5.41) is 21.9. The zero-order valence-corrected chi connectivity index (χ0v) is 19.7. The number of methoxy groups -OCH3 is 1. The molecule has 4 bridgehead atoms. The molecule has 0 radical (unpaired) electrons. The molecule has 7 rings (SSSR count). The number of hydrogen-bond acceptors (Lipinski definition) is 4.